The van der Waals surface area contributed by atoms with E-state index >= 15 is 0 Å². The molecule has 3 nitrogen and oxygen atoms in total. The van der Waals surface area contributed by atoms with Crippen molar-refractivity contribution in [3.63, 3.8) is 0 Å². The Morgan fingerprint density at radius 1 is 1.60 bits per heavy atom. The number of rotatable bonds is 5. The molecule has 0 saturated heterocycles. The van der Waals surface area contributed by atoms with Crippen molar-refractivity contribution < 1.29 is 18.4 Å². The maximum Gasteiger partial charge on any atom is 0.124 e. The third kappa shape index (κ3) is 4.07. The molecule has 0 bridgehead atoms. The van der Waals surface area contributed by atoms with E-state index < -0.39 is 22.7 Å². The van der Waals surface area contributed by atoms with Crippen molar-refractivity contribution in [1.82, 2.24) is 0 Å². The molecule has 1 rings (SSSR count). The zero-order valence-corrected chi connectivity index (χ0v) is 9.17. The minimum Gasteiger partial charge on any atom is -0.390 e. The maximum absolute atomic E-state index is 12.8. The molecular formula is C10H13FO3S. The summed E-state index contributed by atoms with van der Waals surface area (Å²) in [7, 11) is 0.0574. The van der Waals surface area contributed by atoms with Gasteiger partial charge in [0.2, 0.25) is 0 Å². The topological polar surface area (TPSA) is 46.5 Å². The van der Waals surface area contributed by atoms with Gasteiger partial charge in [-0.15, -0.1) is 0 Å². The SMILES string of the molecule is COCC(O)CS(=O)c1cccc(F)c1. The van der Waals surface area contributed by atoms with Gasteiger partial charge in [-0.05, 0) is 18.2 Å². The van der Waals surface area contributed by atoms with Gasteiger partial charge in [0.25, 0.3) is 0 Å². The second-order valence-corrected chi connectivity index (χ2v) is 4.57. The number of ether oxygens (including phenoxy) is 1. The lowest BCUT2D eigenvalue weighted by atomic mass is 10.3. The number of aliphatic hydroxyl groups excluding tert-OH is 1. The minimum absolute atomic E-state index is 0.0529. The monoisotopic (exact) mass is 232 g/mol. The van der Waals surface area contributed by atoms with Crippen molar-refractivity contribution in [2.75, 3.05) is 19.5 Å². The first-order valence-corrected chi connectivity index (χ1v) is 5.76. The lowest BCUT2D eigenvalue weighted by molar-refractivity contribution is 0.0788. The molecule has 1 N–H and O–H groups in total. The Morgan fingerprint density at radius 2 is 2.33 bits per heavy atom. The fraction of sp³-hybridized carbons (Fsp3) is 0.400. The highest BCUT2D eigenvalue weighted by Crippen LogP contribution is 2.09. The Balaban J connectivity index is 2.61. The number of hydrogen-bond acceptors (Lipinski definition) is 3. The van der Waals surface area contributed by atoms with Crippen LogP contribution in [0.2, 0.25) is 0 Å². The van der Waals surface area contributed by atoms with Crippen LogP contribution in [0.5, 0.6) is 0 Å². The molecule has 0 aliphatic carbocycles. The number of methoxy groups -OCH3 is 1. The Morgan fingerprint density at radius 3 is 2.93 bits per heavy atom. The molecule has 0 heterocycles. The van der Waals surface area contributed by atoms with Gasteiger partial charge >= 0.3 is 0 Å². The molecule has 5 heteroatoms. The van der Waals surface area contributed by atoms with Crippen LogP contribution < -0.4 is 0 Å². The Kier molecular flexibility index (Phi) is 4.87. The fourth-order valence-corrected chi connectivity index (χ4v) is 2.23. The molecule has 15 heavy (non-hydrogen) atoms. The Labute approximate surface area is 90.3 Å². The van der Waals surface area contributed by atoms with E-state index in [1.807, 2.05) is 0 Å². The van der Waals surface area contributed by atoms with E-state index in [-0.39, 0.29) is 12.4 Å². The van der Waals surface area contributed by atoms with Crippen molar-refractivity contribution >= 4 is 10.8 Å². The van der Waals surface area contributed by atoms with Crippen LogP contribution in [0.15, 0.2) is 29.2 Å². The summed E-state index contributed by atoms with van der Waals surface area (Å²) in [5.74, 6) is -0.376. The molecule has 0 aliphatic rings. The van der Waals surface area contributed by atoms with Gasteiger partial charge in [-0.2, -0.15) is 0 Å². The highest BCUT2D eigenvalue weighted by molar-refractivity contribution is 7.85. The van der Waals surface area contributed by atoms with Crippen LogP contribution in [-0.2, 0) is 15.5 Å². The van der Waals surface area contributed by atoms with Gasteiger partial charge in [-0.3, -0.25) is 4.21 Å². The molecule has 1 aromatic carbocycles. The van der Waals surface area contributed by atoms with E-state index in [4.69, 9.17) is 4.74 Å². The summed E-state index contributed by atoms with van der Waals surface area (Å²) in [6.45, 7) is 0.126. The first kappa shape index (κ1) is 12.3. The van der Waals surface area contributed by atoms with E-state index in [9.17, 15) is 13.7 Å². The van der Waals surface area contributed by atoms with Crippen molar-refractivity contribution in [3.8, 4) is 0 Å². The van der Waals surface area contributed by atoms with Crippen molar-refractivity contribution in [2.24, 2.45) is 0 Å². The summed E-state index contributed by atoms with van der Waals surface area (Å²) < 4.78 is 29.1. The summed E-state index contributed by atoms with van der Waals surface area (Å²) in [6, 6.07) is 5.55. The van der Waals surface area contributed by atoms with E-state index in [1.165, 1.54) is 25.3 Å². The smallest absolute Gasteiger partial charge is 0.124 e. The number of benzene rings is 1. The largest absolute Gasteiger partial charge is 0.390 e. The molecule has 0 saturated carbocycles. The zero-order chi connectivity index (χ0) is 11.3. The Hall–Kier alpha value is -0.780. The third-order valence-corrected chi connectivity index (χ3v) is 3.23. The number of aliphatic hydroxyl groups is 1. The van der Waals surface area contributed by atoms with Crippen molar-refractivity contribution in [1.29, 1.82) is 0 Å². The van der Waals surface area contributed by atoms with Crippen LogP contribution in [0.3, 0.4) is 0 Å². The van der Waals surface area contributed by atoms with Gasteiger partial charge in [0.05, 0.1) is 29.3 Å². The van der Waals surface area contributed by atoms with E-state index in [1.54, 1.807) is 6.07 Å². The predicted molar refractivity (Wildman–Crippen MR) is 55.6 cm³/mol. The zero-order valence-electron chi connectivity index (χ0n) is 8.35. The summed E-state index contributed by atoms with van der Waals surface area (Å²) in [4.78, 5) is 0.380. The second-order valence-electron chi connectivity index (χ2n) is 3.08. The first-order chi connectivity index (χ1) is 7.13. The molecule has 84 valence electrons. The summed E-state index contributed by atoms with van der Waals surface area (Å²) in [5, 5.41) is 9.34. The van der Waals surface area contributed by atoms with Crippen LogP contribution in [-0.4, -0.2) is 34.9 Å². The van der Waals surface area contributed by atoms with Gasteiger partial charge in [-0.25, -0.2) is 4.39 Å². The van der Waals surface area contributed by atoms with Crippen molar-refractivity contribution in [3.05, 3.63) is 30.1 Å². The molecule has 0 amide bonds. The average Bonchev–Trinajstić information content (AvgIpc) is 2.18. The first-order valence-electron chi connectivity index (χ1n) is 4.44. The van der Waals surface area contributed by atoms with Crippen LogP contribution in [0.1, 0.15) is 0 Å². The predicted octanol–water partition coefficient (Wildman–Crippen LogP) is 0.941. The van der Waals surface area contributed by atoms with Crippen LogP contribution >= 0.6 is 0 Å². The molecule has 0 radical (unpaired) electrons. The van der Waals surface area contributed by atoms with Gasteiger partial charge in [-0.1, -0.05) is 6.07 Å². The molecule has 1 aromatic rings. The highest BCUT2D eigenvalue weighted by atomic mass is 32.2. The van der Waals surface area contributed by atoms with E-state index in [0.29, 0.717) is 4.90 Å². The number of hydrogen-bond donors (Lipinski definition) is 1. The molecule has 0 aliphatic heterocycles. The summed E-state index contributed by atoms with van der Waals surface area (Å²) in [6.07, 6.45) is -0.792. The van der Waals surface area contributed by atoms with Crippen LogP contribution in [0, 0.1) is 5.82 Å². The number of halogens is 1. The summed E-state index contributed by atoms with van der Waals surface area (Å²) in [5.41, 5.74) is 0. The summed E-state index contributed by atoms with van der Waals surface area (Å²) >= 11 is 0. The standard InChI is InChI=1S/C10H13FO3S/c1-14-6-9(12)7-15(13)10-4-2-3-8(11)5-10/h2-5,9,12H,6-7H2,1H3. The molecule has 0 aromatic heterocycles. The quantitative estimate of drug-likeness (QED) is 0.822. The Bertz CT molecular complexity index is 343. The lowest BCUT2D eigenvalue weighted by Gasteiger charge is -2.08. The second kappa shape index (κ2) is 5.95. The third-order valence-electron chi connectivity index (χ3n) is 1.76. The molecule has 2 atom stereocenters. The highest BCUT2D eigenvalue weighted by Gasteiger charge is 2.11. The lowest BCUT2D eigenvalue weighted by Crippen LogP contribution is -2.21. The van der Waals surface area contributed by atoms with Gasteiger partial charge in [0.1, 0.15) is 5.82 Å². The van der Waals surface area contributed by atoms with E-state index in [2.05, 4.69) is 0 Å². The van der Waals surface area contributed by atoms with Crippen LogP contribution in [0.4, 0.5) is 4.39 Å². The fourth-order valence-electron chi connectivity index (χ4n) is 1.12. The van der Waals surface area contributed by atoms with Gasteiger partial charge in [0.15, 0.2) is 0 Å². The van der Waals surface area contributed by atoms with Crippen molar-refractivity contribution in [2.45, 2.75) is 11.0 Å². The van der Waals surface area contributed by atoms with Gasteiger partial charge in [0, 0.05) is 12.0 Å². The normalized spacial score (nSPS) is 14.9. The molecule has 0 fully saturated rings. The average molecular weight is 232 g/mol. The van der Waals surface area contributed by atoms with Crippen LogP contribution in [0.25, 0.3) is 0 Å². The van der Waals surface area contributed by atoms with Gasteiger partial charge < -0.3 is 9.84 Å². The maximum atomic E-state index is 12.8. The molecule has 2 unspecified atom stereocenters. The van der Waals surface area contributed by atoms with E-state index in [0.717, 1.165) is 0 Å². The minimum atomic E-state index is -1.40. The molecular weight excluding hydrogens is 219 g/mol. The molecule has 0 spiro atoms.